The van der Waals surface area contributed by atoms with Crippen molar-refractivity contribution in [2.75, 3.05) is 0 Å². The van der Waals surface area contributed by atoms with Crippen molar-refractivity contribution in [1.82, 2.24) is 10.9 Å². The Morgan fingerprint density at radius 2 is 2.28 bits per heavy atom. The lowest BCUT2D eigenvalue weighted by atomic mass is 9.96. The van der Waals surface area contributed by atoms with Gasteiger partial charge in [0, 0.05) is 15.7 Å². The SMILES string of the molecule is CC1C=C(NNC(=O)c2cccc(Br)c2)CCC1. The molecule has 1 amide bonds. The second kappa shape index (κ2) is 6.05. The van der Waals surface area contributed by atoms with Crippen LogP contribution < -0.4 is 10.9 Å². The minimum Gasteiger partial charge on any atom is -0.303 e. The average molecular weight is 309 g/mol. The molecule has 0 saturated heterocycles. The number of hydrazine groups is 1. The van der Waals surface area contributed by atoms with Crippen LogP contribution in [-0.2, 0) is 0 Å². The Morgan fingerprint density at radius 3 is 3.00 bits per heavy atom. The molecule has 4 heteroatoms. The Bertz CT molecular complexity index is 471. The predicted octanol–water partition coefficient (Wildman–Crippen LogP) is 3.39. The topological polar surface area (TPSA) is 41.1 Å². The molecule has 1 aliphatic rings. The van der Waals surface area contributed by atoms with E-state index in [1.807, 2.05) is 12.1 Å². The van der Waals surface area contributed by atoms with Gasteiger partial charge in [-0.05, 0) is 43.4 Å². The van der Waals surface area contributed by atoms with Crippen LogP contribution in [-0.4, -0.2) is 5.91 Å². The van der Waals surface area contributed by atoms with Crippen molar-refractivity contribution in [3.05, 3.63) is 46.1 Å². The van der Waals surface area contributed by atoms with E-state index < -0.39 is 0 Å². The molecule has 96 valence electrons. The molecule has 1 aromatic rings. The molecular weight excluding hydrogens is 292 g/mol. The smallest absolute Gasteiger partial charge is 0.269 e. The van der Waals surface area contributed by atoms with Crippen LogP contribution in [0.1, 0.15) is 36.5 Å². The van der Waals surface area contributed by atoms with Crippen LogP contribution >= 0.6 is 15.9 Å². The quantitative estimate of drug-likeness (QED) is 0.840. The molecular formula is C14H17BrN2O. The maximum Gasteiger partial charge on any atom is 0.269 e. The van der Waals surface area contributed by atoms with Crippen LogP contribution in [0.15, 0.2) is 40.5 Å². The van der Waals surface area contributed by atoms with Gasteiger partial charge in [0.05, 0.1) is 0 Å². The highest BCUT2D eigenvalue weighted by Gasteiger charge is 2.10. The zero-order valence-electron chi connectivity index (χ0n) is 10.4. The van der Waals surface area contributed by atoms with Gasteiger partial charge in [0.2, 0.25) is 0 Å². The molecule has 1 unspecified atom stereocenters. The van der Waals surface area contributed by atoms with Crippen LogP contribution in [0.3, 0.4) is 0 Å². The van der Waals surface area contributed by atoms with Crippen molar-refractivity contribution < 1.29 is 4.79 Å². The number of amides is 1. The van der Waals surface area contributed by atoms with E-state index in [1.54, 1.807) is 12.1 Å². The molecule has 18 heavy (non-hydrogen) atoms. The third-order valence-corrected chi connectivity index (χ3v) is 3.51. The summed E-state index contributed by atoms with van der Waals surface area (Å²) in [6.45, 7) is 2.19. The van der Waals surface area contributed by atoms with E-state index in [9.17, 15) is 4.79 Å². The van der Waals surface area contributed by atoms with Gasteiger partial charge in [-0.1, -0.05) is 35.0 Å². The number of allylic oxidation sites excluding steroid dienone is 2. The summed E-state index contributed by atoms with van der Waals surface area (Å²) >= 11 is 3.35. The summed E-state index contributed by atoms with van der Waals surface area (Å²) in [5, 5.41) is 0. The number of hydrogen-bond donors (Lipinski definition) is 2. The average Bonchev–Trinajstić information content (AvgIpc) is 2.36. The number of nitrogens with one attached hydrogen (secondary N) is 2. The first-order valence-corrected chi connectivity index (χ1v) is 6.97. The van der Waals surface area contributed by atoms with Gasteiger partial charge >= 0.3 is 0 Å². The summed E-state index contributed by atoms with van der Waals surface area (Å²) in [7, 11) is 0. The van der Waals surface area contributed by atoms with Gasteiger partial charge in [-0.25, -0.2) is 0 Å². The van der Waals surface area contributed by atoms with E-state index in [1.165, 1.54) is 12.8 Å². The third-order valence-electron chi connectivity index (χ3n) is 3.01. The number of carbonyl (C=O) groups excluding carboxylic acids is 1. The van der Waals surface area contributed by atoms with Crippen molar-refractivity contribution >= 4 is 21.8 Å². The largest absolute Gasteiger partial charge is 0.303 e. The van der Waals surface area contributed by atoms with Gasteiger partial charge in [-0.2, -0.15) is 0 Å². The Labute approximate surface area is 116 Å². The predicted molar refractivity (Wildman–Crippen MR) is 75.8 cm³/mol. The van der Waals surface area contributed by atoms with E-state index in [-0.39, 0.29) is 5.91 Å². The number of carbonyl (C=O) groups is 1. The van der Waals surface area contributed by atoms with Crippen LogP contribution in [0, 0.1) is 5.92 Å². The number of halogens is 1. The maximum atomic E-state index is 11.9. The second-order valence-corrected chi connectivity index (χ2v) is 5.57. The lowest BCUT2D eigenvalue weighted by molar-refractivity contribution is 0.0937. The molecule has 0 saturated carbocycles. The zero-order valence-corrected chi connectivity index (χ0v) is 12.0. The molecule has 1 aliphatic carbocycles. The number of hydrogen-bond acceptors (Lipinski definition) is 2. The lowest BCUT2D eigenvalue weighted by Gasteiger charge is -2.19. The lowest BCUT2D eigenvalue weighted by Crippen LogP contribution is -2.37. The molecule has 2 N–H and O–H groups in total. The van der Waals surface area contributed by atoms with Gasteiger partial charge in [0.25, 0.3) is 5.91 Å². The standard InChI is InChI=1S/C14H17BrN2O/c1-10-4-2-7-13(8-10)16-17-14(18)11-5-3-6-12(15)9-11/h3,5-6,8-10,16H,2,4,7H2,1H3,(H,17,18). The maximum absolute atomic E-state index is 11.9. The van der Waals surface area contributed by atoms with E-state index in [2.05, 4.69) is 39.8 Å². The first-order valence-electron chi connectivity index (χ1n) is 6.18. The molecule has 0 heterocycles. The molecule has 0 aromatic heterocycles. The third kappa shape index (κ3) is 3.60. The molecule has 0 fully saturated rings. The minimum absolute atomic E-state index is 0.115. The van der Waals surface area contributed by atoms with Crippen LogP contribution in [0.25, 0.3) is 0 Å². The Balaban J connectivity index is 1.92. The molecule has 0 bridgehead atoms. The zero-order chi connectivity index (χ0) is 13.0. The first-order chi connectivity index (χ1) is 8.65. The Hall–Kier alpha value is -1.29. The molecule has 1 aromatic carbocycles. The van der Waals surface area contributed by atoms with Crippen molar-refractivity contribution in [2.45, 2.75) is 26.2 Å². The van der Waals surface area contributed by atoms with E-state index in [4.69, 9.17) is 0 Å². The summed E-state index contributed by atoms with van der Waals surface area (Å²) in [5.41, 5.74) is 7.50. The van der Waals surface area contributed by atoms with Crippen molar-refractivity contribution in [2.24, 2.45) is 5.92 Å². The first kappa shape index (κ1) is 13.1. The molecule has 1 atom stereocenters. The highest BCUT2D eigenvalue weighted by Crippen LogP contribution is 2.20. The van der Waals surface area contributed by atoms with E-state index >= 15 is 0 Å². The fraction of sp³-hybridized carbons (Fsp3) is 0.357. The van der Waals surface area contributed by atoms with Gasteiger partial charge in [-0.3, -0.25) is 10.2 Å². The van der Waals surface area contributed by atoms with Crippen LogP contribution in [0.2, 0.25) is 0 Å². The molecule has 0 radical (unpaired) electrons. The van der Waals surface area contributed by atoms with Crippen molar-refractivity contribution in [1.29, 1.82) is 0 Å². The summed E-state index contributed by atoms with van der Waals surface area (Å²) in [6.07, 6.45) is 5.59. The summed E-state index contributed by atoms with van der Waals surface area (Å²) < 4.78 is 0.903. The van der Waals surface area contributed by atoms with Crippen molar-refractivity contribution in [3.8, 4) is 0 Å². The molecule has 2 rings (SSSR count). The van der Waals surface area contributed by atoms with Gasteiger partial charge in [0.1, 0.15) is 0 Å². The number of benzene rings is 1. The monoisotopic (exact) mass is 308 g/mol. The summed E-state index contributed by atoms with van der Waals surface area (Å²) in [6, 6.07) is 7.34. The minimum atomic E-state index is -0.115. The fourth-order valence-corrected chi connectivity index (χ4v) is 2.47. The van der Waals surface area contributed by atoms with Gasteiger partial charge in [0.15, 0.2) is 0 Å². The highest BCUT2D eigenvalue weighted by atomic mass is 79.9. The molecule has 3 nitrogen and oxygen atoms in total. The Kier molecular flexibility index (Phi) is 4.42. The second-order valence-electron chi connectivity index (χ2n) is 4.65. The summed E-state index contributed by atoms with van der Waals surface area (Å²) in [5.74, 6) is 0.472. The van der Waals surface area contributed by atoms with E-state index in [0.29, 0.717) is 11.5 Å². The molecule has 0 aliphatic heterocycles. The van der Waals surface area contributed by atoms with Crippen LogP contribution in [0.4, 0.5) is 0 Å². The van der Waals surface area contributed by atoms with E-state index in [0.717, 1.165) is 16.6 Å². The van der Waals surface area contributed by atoms with Crippen molar-refractivity contribution in [3.63, 3.8) is 0 Å². The normalized spacial score (nSPS) is 19.0. The summed E-state index contributed by atoms with van der Waals surface area (Å²) in [4.78, 5) is 11.9. The fourth-order valence-electron chi connectivity index (χ4n) is 2.07. The van der Waals surface area contributed by atoms with Gasteiger partial charge in [-0.15, -0.1) is 0 Å². The highest BCUT2D eigenvalue weighted by molar-refractivity contribution is 9.10. The van der Waals surface area contributed by atoms with Gasteiger partial charge < -0.3 is 5.43 Å². The Morgan fingerprint density at radius 1 is 1.44 bits per heavy atom. The number of rotatable bonds is 3. The molecule has 0 spiro atoms. The van der Waals surface area contributed by atoms with Crippen LogP contribution in [0.5, 0.6) is 0 Å².